The van der Waals surface area contributed by atoms with E-state index in [-0.39, 0.29) is 0 Å². The van der Waals surface area contributed by atoms with Crippen LogP contribution in [-0.2, 0) is 14.5 Å². The number of hydrogen-bond acceptors (Lipinski definition) is 3. The third-order valence-corrected chi connectivity index (χ3v) is 1.29. The van der Waals surface area contributed by atoms with Crippen molar-refractivity contribution in [2.45, 2.75) is 26.9 Å². The number of aliphatic hydroxyl groups excluding tert-OH is 1. The van der Waals surface area contributed by atoms with E-state index in [0.717, 1.165) is 0 Å². The van der Waals surface area contributed by atoms with Gasteiger partial charge in [0.15, 0.2) is 0 Å². The van der Waals surface area contributed by atoms with Gasteiger partial charge >= 0.3 is 0 Å². The van der Waals surface area contributed by atoms with E-state index in [1.54, 1.807) is 0 Å². The first-order valence-corrected chi connectivity index (χ1v) is 6.05. The Morgan fingerprint density at radius 1 is 1.42 bits per heavy atom. The van der Waals surface area contributed by atoms with E-state index in [1.165, 1.54) is 19.4 Å². The van der Waals surface area contributed by atoms with E-state index in [9.17, 15) is 9.00 Å². The summed E-state index contributed by atoms with van der Waals surface area (Å²) in [5.41, 5.74) is 0. The molecule has 1 atom stereocenters. The summed E-state index contributed by atoms with van der Waals surface area (Å²) in [6.07, 6.45) is 1.53. The molecular formula is C7H17NO3S. The van der Waals surface area contributed by atoms with Crippen LogP contribution >= 0.6 is 0 Å². The second-order valence-electron chi connectivity index (χ2n) is 2.29. The number of amides is 1. The molecule has 0 aliphatic carbocycles. The smallest absolute Gasteiger partial charge is 0.282 e. The Hall–Kier alpha value is -0.420. The van der Waals surface area contributed by atoms with Crippen molar-refractivity contribution in [2.75, 3.05) is 12.5 Å². The van der Waals surface area contributed by atoms with Gasteiger partial charge in [-0.1, -0.05) is 13.8 Å². The number of rotatable bonds is 1. The highest BCUT2D eigenvalue weighted by atomic mass is 32.2. The lowest BCUT2D eigenvalue weighted by atomic mass is 10.4. The monoisotopic (exact) mass is 195 g/mol. The van der Waals surface area contributed by atoms with Gasteiger partial charge in [-0.2, -0.15) is 4.36 Å². The summed E-state index contributed by atoms with van der Waals surface area (Å²) in [6, 6.07) is 0. The maximum Gasteiger partial charge on any atom is 0.282 e. The summed E-state index contributed by atoms with van der Waals surface area (Å²) in [5, 5.41) is 8.62. The third-order valence-electron chi connectivity index (χ3n) is 0.667. The van der Waals surface area contributed by atoms with Crippen molar-refractivity contribution in [3.05, 3.63) is 0 Å². The fourth-order valence-electron chi connectivity index (χ4n) is 0.293. The molecular weight excluding hydrogens is 178 g/mol. The Morgan fingerprint density at radius 2 is 1.75 bits per heavy atom. The fraction of sp³-hybridized carbons (Fsp3) is 0.857. The van der Waals surface area contributed by atoms with Crippen LogP contribution < -0.4 is 0 Å². The first-order valence-electron chi connectivity index (χ1n) is 3.72. The first kappa shape index (κ1) is 14.1. The molecule has 12 heavy (non-hydrogen) atoms. The standard InChI is InChI=1S/C5H11NO3S.C2H6/c1-4(7)5(8)6-10(2,3)9;1-2/h4,7H,1-3H3;1-2H3. The zero-order chi connectivity index (χ0) is 10.4. The van der Waals surface area contributed by atoms with E-state index in [4.69, 9.17) is 5.11 Å². The van der Waals surface area contributed by atoms with Crippen LogP contribution in [0.3, 0.4) is 0 Å². The van der Waals surface area contributed by atoms with E-state index >= 15 is 0 Å². The maximum atomic E-state index is 10.8. The van der Waals surface area contributed by atoms with Crippen LogP contribution in [0.1, 0.15) is 20.8 Å². The van der Waals surface area contributed by atoms with Crippen LogP contribution in [0.25, 0.3) is 0 Å². The molecule has 0 radical (unpaired) electrons. The van der Waals surface area contributed by atoms with Gasteiger partial charge in [0.2, 0.25) is 0 Å². The number of carbonyl (C=O) groups is 1. The van der Waals surface area contributed by atoms with Gasteiger partial charge in [0.25, 0.3) is 5.91 Å². The summed E-state index contributed by atoms with van der Waals surface area (Å²) in [4.78, 5) is 10.6. The van der Waals surface area contributed by atoms with Gasteiger partial charge in [0, 0.05) is 22.2 Å². The zero-order valence-electron chi connectivity index (χ0n) is 8.20. The Labute approximate surface area is 74.2 Å². The van der Waals surface area contributed by atoms with Crippen molar-refractivity contribution >= 4 is 15.6 Å². The first-order chi connectivity index (χ1) is 5.33. The Balaban J connectivity index is 0. The highest BCUT2D eigenvalue weighted by molar-refractivity contribution is 7.92. The average molecular weight is 195 g/mol. The fourth-order valence-corrected chi connectivity index (χ4v) is 0.879. The van der Waals surface area contributed by atoms with Crippen molar-refractivity contribution in [1.82, 2.24) is 0 Å². The predicted octanol–water partition coefficient (Wildman–Crippen LogP) is 0.648. The molecule has 0 aliphatic rings. The topological polar surface area (TPSA) is 66.7 Å². The molecule has 0 aromatic heterocycles. The number of hydrogen-bond donors (Lipinski definition) is 1. The minimum Gasteiger partial charge on any atom is -0.383 e. The van der Waals surface area contributed by atoms with Gasteiger partial charge in [0.1, 0.15) is 6.10 Å². The minimum absolute atomic E-state index is 0.727. The lowest BCUT2D eigenvalue weighted by molar-refractivity contribution is -0.124. The molecule has 1 amide bonds. The molecule has 0 saturated carbocycles. The summed E-state index contributed by atoms with van der Waals surface area (Å²) < 4.78 is 14.1. The summed E-state index contributed by atoms with van der Waals surface area (Å²) in [7, 11) is -2.40. The van der Waals surface area contributed by atoms with Crippen molar-refractivity contribution < 1.29 is 14.1 Å². The number of aliphatic hydroxyl groups is 1. The largest absolute Gasteiger partial charge is 0.383 e. The lowest BCUT2D eigenvalue weighted by Crippen LogP contribution is -2.14. The van der Waals surface area contributed by atoms with Crippen LogP contribution in [0.5, 0.6) is 0 Å². The van der Waals surface area contributed by atoms with Gasteiger partial charge in [-0.3, -0.25) is 4.79 Å². The molecule has 0 bridgehead atoms. The highest BCUT2D eigenvalue weighted by Crippen LogP contribution is 1.90. The zero-order valence-corrected chi connectivity index (χ0v) is 9.01. The second-order valence-corrected chi connectivity index (χ2v) is 4.83. The summed E-state index contributed by atoms with van der Waals surface area (Å²) in [6.45, 7) is 5.29. The van der Waals surface area contributed by atoms with Crippen molar-refractivity contribution in [2.24, 2.45) is 4.36 Å². The van der Waals surface area contributed by atoms with Gasteiger partial charge in [-0.05, 0) is 6.92 Å². The van der Waals surface area contributed by atoms with Gasteiger partial charge < -0.3 is 5.11 Å². The Kier molecular flexibility index (Phi) is 7.22. The predicted molar refractivity (Wildman–Crippen MR) is 50.5 cm³/mol. The Bertz CT molecular complexity index is 231. The molecule has 0 aromatic rings. The van der Waals surface area contributed by atoms with E-state index < -0.39 is 21.7 Å². The molecule has 0 heterocycles. The van der Waals surface area contributed by atoms with Crippen LogP contribution in [-0.4, -0.2) is 33.8 Å². The van der Waals surface area contributed by atoms with Crippen LogP contribution in [0.15, 0.2) is 4.36 Å². The maximum absolute atomic E-state index is 10.8. The van der Waals surface area contributed by atoms with Crippen LogP contribution in [0, 0.1) is 0 Å². The molecule has 1 N–H and O–H groups in total. The molecule has 0 aliphatic heterocycles. The van der Waals surface area contributed by atoms with Crippen molar-refractivity contribution in [3.8, 4) is 0 Å². The number of carbonyl (C=O) groups excluding carboxylic acids is 1. The van der Waals surface area contributed by atoms with Crippen LogP contribution in [0.2, 0.25) is 0 Å². The van der Waals surface area contributed by atoms with E-state index in [0.29, 0.717) is 0 Å². The molecule has 0 rings (SSSR count). The molecule has 0 fully saturated rings. The van der Waals surface area contributed by atoms with E-state index in [2.05, 4.69) is 4.36 Å². The van der Waals surface area contributed by atoms with Crippen molar-refractivity contribution in [1.29, 1.82) is 0 Å². The highest BCUT2D eigenvalue weighted by Gasteiger charge is 2.07. The van der Waals surface area contributed by atoms with Crippen molar-refractivity contribution in [3.63, 3.8) is 0 Å². The molecule has 0 aromatic carbocycles. The van der Waals surface area contributed by atoms with Gasteiger partial charge in [-0.25, -0.2) is 4.21 Å². The Morgan fingerprint density at radius 3 is 1.83 bits per heavy atom. The average Bonchev–Trinajstić information content (AvgIpc) is 1.88. The number of nitrogens with zero attached hydrogens (tertiary/aromatic N) is 1. The molecule has 0 spiro atoms. The minimum atomic E-state index is -2.40. The van der Waals surface area contributed by atoms with Crippen LogP contribution in [0.4, 0.5) is 0 Å². The second kappa shape index (κ2) is 6.14. The molecule has 0 saturated heterocycles. The van der Waals surface area contributed by atoms with Gasteiger partial charge in [0.05, 0.1) is 0 Å². The third kappa shape index (κ3) is 9.58. The summed E-state index contributed by atoms with van der Waals surface area (Å²) in [5.74, 6) is -0.727. The lowest BCUT2D eigenvalue weighted by Gasteiger charge is -1.97. The molecule has 1 unspecified atom stereocenters. The summed E-state index contributed by atoms with van der Waals surface area (Å²) >= 11 is 0. The molecule has 5 heteroatoms. The van der Waals surface area contributed by atoms with E-state index in [1.807, 2.05) is 13.8 Å². The quantitative estimate of drug-likeness (QED) is 0.668. The molecule has 74 valence electrons. The molecule has 4 nitrogen and oxygen atoms in total. The van der Waals surface area contributed by atoms with Gasteiger partial charge in [-0.15, -0.1) is 0 Å². The SMILES string of the molecule is CC.CC(O)C(=O)N=S(C)(C)=O. The normalized spacial score (nSPS) is 12.5.